The molecule has 122 valence electrons. The third-order valence-corrected chi connectivity index (χ3v) is 3.48. The molecule has 5 nitrogen and oxygen atoms in total. The van der Waals surface area contributed by atoms with E-state index < -0.39 is 0 Å². The molecule has 0 saturated heterocycles. The lowest BCUT2D eigenvalue weighted by atomic mass is 10.1. The molecule has 3 N–H and O–H groups in total. The van der Waals surface area contributed by atoms with Crippen LogP contribution in [0.4, 0.5) is 5.69 Å². The predicted molar refractivity (Wildman–Crippen MR) is 96.8 cm³/mol. The Morgan fingerprint density at radius 2 is 1.95 bits per heavy atom. The molecule has 1 aromatic carbocycles. The number of rotatable bonds is 8. The van der Waals surface area contributed by atoms with E-state index in [9.17, 15) is 4.79 Å². The highest BCUT2D eigenvalue weighted by Gasteiger charge is 1.99. The molecule has 0 atom stereocenters. The SMILES string of the molecule is CCNC(=NCCSC)NCCc1ccc(NC(C)=O)cc1. The molecule has 0 aliphatic heterocycles. The molecule has 0 heterocycles. The highest BCUT2D eigenvalue weighted by atomic mass is 32.2. The molecule has 6 heteroatoms. The Kier molecular flexibility index (Phi) is 9.14. The summed E-state index contributed by atoms with van der Waals surface area (Å²) in [5.41, 5.74) is 2.05. The van der Waals surface area contributed by atoms with Crippen LogP contribution in [0.3, 0.4) is 0 Å². The van der Waals surface area contributed by atoms with Gasteiger partial charge in [0, 0.05) is 31.5 Å². The zero-order valence-corrected chi connectivity index (χ0v) is 14.4. The zero-order chi connectivity index (χ0) is 16.2. The Hall–Kier alpha value is -1.69. The molecule has 0 fully saturated rings. The van der Waals surface area contributed by atoms with Gasteiger partial charge in [-0.15, -0.1) is 0 Å². The number of amides is 1. The number of carbonyl (C=O) groups excluding carboxylic acids is 1. The van der Waals surface area contributed by atoms with Gasteiger partial charge in [0.1, 0.15) is 0 Å². The lowest BCUT2D eigenvalue weighted by Crippen LogP contribution is -2.38. The van der Waals surface area contributed by atoms with Gasteiger partial charge in [0.05, 0.1) is 6.54 Å². The lowest BCUT2D eigenvalue weighted by molar-refractivity contribution is -0.114. The molecule has 0 aromatic heterocycles. The summed E-state index contributed by atoms with van der Waals surface area (Å²) in [4.78, 5) is 15.5. The van der Waals surface area contributed by atoms with Crippen molar-refractivity contribution in [3.8, 4) is 0 Å². The normalized spacial score (nSPS) is 11.1. The molecular weight excluding hydrogens is 296 g/mol. The van der Waals surface area contributed by atoms with E-state index in [0.717, 1.165) is 43.5 Å². The molecule has 0 saturated carbocycles. The van der Waals surface area contributed by atoms with Crippen molar-refractivity contribution < 1.29 is 4.79 Å². The van der Waals surface area contributed by atoms with E-state index in [4.69, 9.17) is 0 Å². The Labute approximate surface area is 137 Å². The minimum Gasteiger partial charge on any atom is -0.357 e. The van der Waals surface area contributed by atoms with Crippen molar-refractivity contribution in [3.63, 3.8) is 0 Å². The average Bonchev–Trinajstić information content (AvgIpc) is 2.49. The largest absolute Gasteiger partial charge is 0.357 e. The first-order valence-electron chi connectivity index (χ1n) is 7.53. The van der Waals surface area contributed by atoms with Crippen LogP contribution in [0.1, 0.15) is 19.4 Å². The van der Waals surface area contributed by atoms with Crippen LogP contribution in [-0.4, -0.2) is 43.5 Å². The molecule has 1 rings (SSSR count). The van der Waals surface area contributed by atoms with Gasteiger partial charge in [-0.1, -0.05) is 12.1 Å². The van der Waals surface area contributed by atoms with Crippen LogP contribution in [-0.2, 0) is 11.2 Å². The fraction of sp³-hybridized carbons (Fsp3) is 0.500. The molecule has 1 amide bonds. The van der Waals surface area contributed by atoms with Gasteiger partial charge in [0.15, 0.2) is 5.96 Å². The second-order valence-electron chi connectivity index (χ2n) is 4.81. The Bertz CT molecular complexity index is 474. The highest BCUT2D eigenvalue weighted by molar-refractivity contribution is 7.98. The summed E-state index contributed by atoms with van der Waals surface area (Å²) >= 11 is 1.80. The number of hydrogen-bond acceptors (Lipinski definition) is 3. The zero-order valence-electron chi connectivity index (χ0n) is 13.6. The number of anilines is 1. The summed E-state index contributed by atoms with van der Waals surface area (Å²) in [7, 11) is 0. The molecule has 0 spiro atoms. The smallest absolute Gasteiger partial charge is 0.221 e. The Morgan fingerprint density at radius 3 is 2.55 bits per heavy atom. The third-order valence-electron chi connectivity index (χ3n) is 2.89. The second kappa shape index (κ2) is 11.0. The fourth-order valence-corrected chi connectivity index (χ4v) is 2.15. The van der Waals surface area contributed by atoms with Crippen molar-refractivity contribution in [2.45, 2.75) is 20.3 Å². The highest BCUT2D eigenvalue weighted by Crippen LogP contribution is 2.09. The summed E-state index contributed by atoms with van der Waals surface area (Å²) < 4.78 is 0. The van der Waals surface area contributed by atoms with Gasteiger partial charge in [0.2, 0.25) is 5.91 Å². The van der Waals surface area contributed by atoms with Gasteiger partial charge >= 0.3 is 0 Å². The van der Waals surface area contributed by atoms with E-state index in [1.807, 2.05) is 24.3 Å². The Morgan fingerprint density at radius 1 is 1.23 bits per heavy atom. The van der Waals surface area contributed by atoms with Gasteiger partial charge in [-0.25, -0.2) is 0 Å². The number of hydrogen-bond donors (Lipinski definition) is 3. The van der Waals surface area contributed by atoms with E-state index in [-0.39, 0.29) is 5.91 Å². The number of aliphatic imine (C=N–C) groups is 1. The second-order valence-corrected chi connectivity index (χ2v) is 5.79. The minimum absolute atomic E-state index is 0.0499. The number of carbonyl (C=O) groups is 1. The quantitative estimate of drug-likeness (QED) is 0.390. The molecular formula is C16H26N4OS. The van der Waals surface area contributed by atoms with Gasteiger partial charge in [-0.2, -0.15) is 11.8 Å². The molecule has 22 heavy (non-hydrogen) atoms. The summed E-state index contributed by atoms with van der Waals surface area (Å²) in [5.74, 6) is 1.85. The van der Waals surface area contributed by atoms with Crippen molar-refractivity contribution in [2.24, 2.45) is 4.99 Å². The standard InChI is InChI=1S/C16H26N4OS/c1-4-17-16(19-11-12-22-3)18-10-9-14-5-7-15(8-6-14)20-13(2)21/h5-8H,4,9-12H2,1-3H3,(H,20,21)(H2,17,18,19). The van der Waals surface area contributed by atoms with Gasteiger partial charge in [-0.3, -0.25) is 9.79 Å². The summed E-state index contributed by atoms with van der Waals surface area (Å²) in [6, 6.07) is 7.92. The number of guanidine groups is 1. The summed E-state index contributed by atoms with van der Waals surface area (Å²) in [6.45, 7) is 6.08. The third kappa shape index (κ3) is 7.93. The topological polar surface area (TPSA) is 65.5 Å². The van der Waals surface area contributed by atoms with Gasteiger partial charge in [0.25, 0.3) is 0 Å². The first-order valence-corrected chi connectivity index (χ1v) is 8.92. The van der Waals surface area contributed by atoms with E-state index >= 15 is 0 Å². The fourth-order valence-electron chi connectivity index (χ4n) is 1.87. The van der Waals surface area contributed by atoms with E-state index in [1.54, 1.807) is 11.8 Å². The molecule has 0 unspecified atom stereocenters. The van der Waals surface area contributed by atoms with Crippen molar-refractivity contribution in [3.05, 3.63) is 29.8 Å². The first kappa shape index (κ1) is 18.4. The van der Waals surface area contributed by atoms with Crippen molar-refractivity contribution in [1.82, 2.24) is 10.6 Å². The van der Waals surface area contributed by atoms with Crippen molar-refractivity contribution in [2.75, 3.05) is 37.0 Å². The molecule has 0 aliphatic carbocycles. The summed E-state index contributed by atoms with van der Waals surface area (Å²) in [5, 5.41) is 9.34. The van der Waals surface area contributed by atoms with Gasteiger partial charge in [-0.05, 0) is 37.3 Å². The van der Waals surface area contributed by atoms with Gasteiger partial charge < -0.3 is 16.0 Å². The molecule has 0 aliphatic rings. The van der Waals surface area contributed by atoms with Crippen LogP contribution in [0.15, 0.2) is 29.3 Å². The Balaban J connectivity index is 2.40. The summed E-state index contributed by atoms with van der Waals surface area (Å²) in [6.07, 6.45) is 2.99. The maximum Gasteiger partial charge on any atom is 0.221 e. The molecule has 1 aromatic rings. The number of thioether (sulfide) groups is 1. The number of benzene rings is 1. The van der Waals surface area contributed by atoms with E-state index in [0.29, 0.717) is 0 Å². The monoisotopic (exact) mass is 322 g/mol. The first-order chi connectivity index (χ1) is 10.7. The van der Waals surface area contributed by atoms with Crippen molar-refractivity contribution >= 4 is 29.3 Å². The number of nitrogens with zero attached hydrogens (tertiary/aromatic N) is 1. The maximum absolute atomic E-state index is 11.0. The van der Waals surface area contributed by atoms with Crippen LogP contribution in [0.5, 0.6) is 0 Å². The lowest BCUT2D eigenvalue weighted by Gasteiger charge is -2.11. The number of nitrogens with one attached hydrogen (secondary N) is 3. The van der Waals surface area contributed by atoms with E-state index in [1.165, 1.54) is 12.5 Å². The molecule has 0 bridgehead atoms. The predicted octanol–water partition coefficient (Wildman–Crippen LogP) is 2.11. The van der Waals surface area contributed by atoms with Crippen LogP contribution < -0.4 is 16.0 Å². The van der Waals surface area contributed by atoms with E-state index in [2.05, 4.69) is 34.1 Å². The van der Waals surface area contributed by atoms with Crippen LogP contribution >= 0.6 is 11.8 Å². The van der Waals surface area contributed by atoms with Crippen LogP contribution in [0, 0.1) is 0 Å². The van der Waals surface area contributed by atoms with Crippen LogP contribution in [0.25, 0.3) is 0 Å². The average molecular weight is 322 g/mol. The molecule has 0 radical (unpaired) electrons. The van der Waals surface area contributed by atoms with Crippen LogP contribution in [0.2, 0.25) is 0 Å². The van der Waals surface area contributed by atoms with Crippen molar-refractivity contribution in [1.29, 1.82) is 0 Å². The minimum atomic E-state index is -0.0499. The maximum atomic E-state index is 11.0.